The Labute approximate surface area is 183 Å². The second-order valence-corrected chi connectivity index (χ2v) is 8.11. The van der Waals surface area contributed by atoms with Crippen LogP contribution in [0.4, 0.5) is 20.3 Å². The third-order valence-electron chi connectivity index (χ3n) is 6.20. The summed E-state index contributed by atoms with van der Waals surface area (Å²) in [5.74, 6) is 0.0420. The first-order valence-corrected chi connectivity index (χ1v) is 10.8. The molecule has 0 atom stereocenters. The SMILES string of the molecule is COC(=O)c1ccc2c(n1)c(N1CCCc3ccc(C(F)F)cc31)nn2C1CCOCC1. The van der Waals surface area contributed by atoms with E-state index < -0.39 is 12.4 Å². The Balaban J connectivity index is 1.68. The van der Waals surface area contributed by atoms with Crippen LogP contribution in [0, 0.1) is 0 Å². The Hall–Kier alpha value is -3.07. The molecule has 0 N–H and O–H groups in total. The van der Waals surface area contributed by atoms with Crippen molar-refractivity contribution in [3.63, 3.8) is 0 Å². The monoisotopic (exact) mass is 442 g/mol. The van der Waals surface area contributed by atoms with E-state index in [1.165, 1.54) is 13.2 Å². The van der Waals surface area contributed by atoms with Crippen molar-refractivity contribution in [2.45, 2.75) is 38.2 Å². The fraction of sp³-hybridized carbons (Fsp3) is 0.435. The van der Waals surface area contributed by atoms with Gasteiger partial charge in [0, 0.05) is 31.0 Å². The number of aryl methyl sites for hydroxylation is 1. The van der Waals surface area contributed by atoms with Gasteiger partial charge in [0.05, 0.1) is 18.7 Å². The number of rotatable bonds is 4. The van der Waals surface area contributed by atoms with Crippen molar-refractivity contribution >= 4 is 28.5 Å². The number of fused-ring (bicyclic) bond motifs is 2. The number of halogens is 2. The topological polar surface area (TPSA) is 69.5 Å². The van der Waals surface area contributed by atoms with Gasteiger partial charge in [0.25, 0.3) is 6.43 Å². The van der Waals surface area contributed by atoms with Crippen LogP contribution in [0.1, 0.15) is 53.3 Å². The minimum atomic E-state index is -2.55. The summed E-state index contributed by atoms with van der Waals surface area (Å²) in [6, 6.07) is 8.41. The molecular formula is C23H24F2N4O3. The van der Waals surface area contributed by atoms with Gasteiger partial charge < -0.3 is 14.4 Å². The number of alkyl halides is 2. The molecule has 0 radical (unpaired) electrons. The molecule has 1 aromatic carbocycles. The van der Waals surface area contributed by atoms with E-state index in [2.05, 4.69) is 4.98 Å². The molecule has 4 heterocycles. The summed E-state index contributed by atoms with van der Waals surface area (Å²) in [6.45, 7) is 1.93. The standard InChI is InChI=1S/C23H24F2N4O3/c1-31-23(30)17-6-7-18-20(26-17)22(27-29(18)16-8-11-32-12-9-16)28-10-2-3-14-4-5-15(21(24)25)13-19(14)28/h4-7,13,16,21H,2-3,8-12H2,1H3. The van der Waals surface area contributed by atoms with Gasteiger partial charge >= 0.3 is 5.97 Å². The number of benzene rings is 1. The molecule has 0 bridgehead atoms. The zero-order valence-electron chi connectivity index (χ0n) is 17.8. The third-order valence-corrected chi connectivity index (χ3v) is 6.20. The maximum atomic E-state index is 13.4. The summed E-state index contributed by atoms with van der Waals surface area (Å²) >= 11 is 0. The molecular weight excluding hydrogens is 418 g/mol. The van der Waals surface area contributed by atoms with Crippen LogP contribution in [0.5, 0.6) is 0 Å². The summed E-state index contributed by atoms with van der Waals surface area (Å²) in [4.78, 5) is 18.7. The van der Waals surface area contributed by atoms with Gasteiger partial charge in [-0.1, -0.05) is 12.1 Å². The Morgan fingerprint density at radius 3 is 2.78 bits per heavy atom. The summed E-state index contributed by atoms with van der Waals surface area (Å²) in [5, 5.41) is 4.92. The van der Waals surface area contributed by atoms with Crippen LogP contribution < -0.4 is 4.90 Å². The summed E-state index contributed by atoms with van der Waals surface area (Å²) in [7, 11) is 1.31. The highest BCUT2D eigenvalue weighted by atomic mass is 19.3. The van der Waals surface area contributed by atoms with Crippen molar-refractivity contribution in [3.05, 3.63) is 47.2 Å². The lowest BCUT2D eigenvalue weighted by Gasteiger charge is -2.30. The van der Waals surface area contributed by atoms with Crippen LogP contribution in [-0.4, -0.2) is 47.6 Å². The van der Waals surface area contributed by atoms with E-state index in [1.54, 1.807) is 18.2 Å². The number of hydrogen-bond acceptors (Lipinski definition) is 6. The second kappa shape index (κ2) is 8.46. The van der Waals surface area contributed by atoms with Crippen molar-refractivity contribution in [2.24, 2.45) is 0 Å². The smallest absolute Gasteiger partial charge is 0.356 e. The zero-order valence-corrected chi connectivity index (χ0v) is 17.8. The van der Waals surface area contributed by atoms with E-state index in [-0.39, 0.29) is 17.3 Å². The highest BCUT2D eigenvalue weighted by molar-refractivity contribution is 5.95. The molecule has 0 spiro atoms. The minimum absolute atomic E-state index is 0.0213. The molecule has 2 aliphatic heterocycles. The molecule has 0 unspecified atom stereocenters. The van der Waals surface area contributed by atoms with Crippen LogP contribution in [-0.2, 0) is 15.9 Å². The number of methoxy groups -OCH3 is 1. The molecule has 1 fully saturated rings. The molecule has 0 saturated carbocycles. The fourth-order valence-electron chi connectivity index (χ4n) is 4.56. The van der Waals surface area contributed by atoms with Crippen LogP contribution in [0.3, 0.4) is 0 Å². The van der Waals surface area contributed by atoms with Crippen molar-refractivity contribution < 1.29 is 23.0 Å². The Bertz CT molecular complexity index is 1160. The largest absolute Gasteiger partial charge is 0.464 e. The third kappa shape index (κ3) is 3.60. The van der Waals surface area contributed by atoms with Gasteiger partial charge in [-0.05, 0) is 49.4 Å². The number of carbonyl (C=O) groups is 1. The molecule has 9 heteroatoms. The van der Waals surface area contributed by atoms with E-state index >= 15 is 0 Å². The Morgan fingerprint density at radius 1 is 1.22 bits per heavy atom. The number of esters is 1. The number of anilines is 2. The molecule has 0 amide bonds. The number of aromatic nitrogens is 3. The first-order chi connectivity index (χ1) is 15.6. The molecule has 2 aromatic heterocycles. The molecule has 2 aliphatic rings. The Morgan fingerprint density at radius 2 is 2.03 bits per heavy atom. The van der Waals surface area contributed by atoms with Crippen molar-refractivity contribution in [3.8, 4) is 0 Å². The molecule has 5 rings (SSSR count). The molecule has 1 saturated heterocycles. The fourth-order valence-corrected chi connectivity index (χ4v) is 4.56. The molecule has 0 aliphatic carbocycles. The van der Waals surface area contributed by atoms with Gasteiger partial charge in [0.15, 0.2) is 5.82 Å². The van der Waals surface area contributed by atoms with Crippen molar-refractivity contribution in [1.82, 2.24) is 14.8 Å². The first-order valence-electron chi connectivity index (χ1n) is 10.8. The maximum absolute atomic E-state index is 13.4. The van der Waals surface area contributed by atoms with E-state index in [0.717, 1.165) is 42.5 Å². The minimum Gasteiger partial charge on any atom is -0.464 e. The van der Waals surface area contributed by atoms with Gasteiger partial charge in [-0.15, -0.1) is 0 Å². The lowest BCUT2D eigenvalue weighted by atomic mass is 9.99. The number of nitrogens with zero attached hydrogens (tertiary/aromatic N) is 4. The number of carbonyl (C=O) groups excluding carboxylic acids is 1. The lowest BCUT2D eigenvalue weighted by molar-refractivity contribution is 0.0594. The van der Waals surface area contributed by atoms with Crippen molar-refractivity contribution in [1.29, 1.82) is 0 Å². The average Bonchev–Trinajstić information content (AvgIpc) is 3.22. The lowest BCUT2D eigenvalue weighted by Crippen LogP contribution is -2.26. The maximum Gasteiger partial charge on any atom is 0.356 e. The quantitative estimate of drug-likeness (QED) is 0.551. The average molecular weight is 442 g/mol. The number of pyridine rings is 1. The molecule has 7 nitrogen and oxygen atoms in total. The molecule has 168 valence electrons. The normalized spacial score (nSPS) is 17.1. The predicted octanol–water partition coefficient (Wildman–Crippen LogP) is 4.59. The van der Waals surface area contributed by atoms with Gasteiger partial charge in [0.1, 0.15) is 11.2 Å². The number of ether oxygens (including phenoxy) is 2. The van der Waals surface area contributed by atoms with Crippen LogP contribution in [0.25, 0.3) is 11.0 Å². The van der Waals surface area contributed by atoms with E-state index in [4.69, 9.17) is 14.6 Å². The highest BCUT2D eigenvalue weighted by Gasteiger charge is 2.28. The highest BCUT2D eigenvalue weighted by Crippen LogP contribution is 2.39. The van der Waals surface area contributed by atoms with Gasteiger partial charge in [0.2, 0.25) is 0 Å². The van der Waals surface area contributed by atoms with Crippen LogP contribution in [0.2, 0.25) is 0 Å². The predicted molar refractivity (Wildman–Crippen MR) is 115 cm³/mol. The zero-order chi connectivity index (χ0) is 22.2. The van der Waals surface area contributed by atoms with Gasteiger partial charge in [-0.25, -0.2) is 18.6 Å². The Kier molecular flexibility index (Phi) is 5.50. The molecule has 3 aromatic rings. The van der Waals surface area contributed by atoms with Crippen molar-refractivity contribution in [2.75, 3.05) is 31.8 Å². The van der Waals surface area contributed by atoms with Gasteiger partial charge in [-0.2, -0.15) is 5.10 Å². The van der Waals surface area contributed by atoms with Crippen LogP contribution in [0.15, 0.2) is 30.3 Å². The van der Waals surface area contributed by atoms with Gasteiger partial charge in [-0.3, -0.25) is 4.68 Å². The van der Waals surface area contributed by atoms with E-state index in [0.29, 0.717) is 31.1 Å². The van der Waals surface area contributed by atoms with E-state index in [9.17, 15) is 13.6 Å². The van der Waals surface area contributed by atoms with E-state index in [1.807, 2.05) is 15.6 Å². The summed E-state index contributed by atoms with van der Waals surface area (Å²) in [5.41, 5.74) is 3.25. The first kappa shape index (κ1) is 20.8. The van der Waals surface area contributed by atoms with Crippen LogP contribution >= 0.6 is 0 Å². The summed E-state index contributed by atoms with van der Waals surface area (Å²) in [6.07, 6.45) is 0.769. The summed E-state index contributed by atoms with van der Waals surface area (Å²) < 4.78 is 39.2. The molecule has 32 heavy (non-hydrogen) atoms. The second-order valence-electron chi connectivity index (χ2n) is 8.11. The number of hydrogen-bond donors (Lipinski definition) is 0.